The second-order valence-electron chi connectivity index (χ2n) is 9.53. The van der Waals surface area contributed by atoms with Crippen molar-refractivity contribution in [2.75, 3.05) is 0 Å². The van der Waals surface area contributed by atoms with Gasteiger partial charge in [0.1, 0.15) is 5.78 Å². The molecule has 26 heavy (non-hydrogen) atoms. The van der Waals surface area contributed by atoms with Gasteiger partial charge < -0.3 is 25.5 Å². The summed E-state index contributed by atoms with van der Waals surface area (Å²) in [6, 6.07) is 0. The van der Waals surface area contributed by atoms with Crippen molar-refractivity contribution in [2.45, 2.75) is 82.9 Å². The normalized spacial score (nSPS) is 51.8. The summed E-state index contributed by atoms with van der Waals surface area (Å²) in [5.74, 6) is -1.12. The lowest BCUT2D eigenvalue weighted by molar-refractivity contribution is -0.150. The van der Waals surface area contributed by atoms with E-state index in [-0.39, 0.29) is 31.0 Å². The Bertz CT molecular complexity index is 611. The molecule has 0 aromatic carbocycles. The average molecular weight is 368 g/mol. The minimum atomic E-state index is -1.18. The van der Waals surface area contributed by atoms with Gasteiger partial charge in [0.2, 0.25) is 0 Å². The van der Waals surface area contributed by atoms with Gasteiger partial charge in [-0.2, -0.15) is 0 Å². The van der Waals surface area contributed by atoms with Crippen molar-refractivity contribution in [3.8, 4) is 0 Å². The molecule has 0 aromatic rings. The van der Waals surface area contributed by atoms with E-state index in [4.69, 9.17) is 0 Å². The third-order valence-electron chi connectivity index (χ3n) is 7.68. The van der Waals surface area contributed by atoms with Gasteiger partial charge in [0, 0.05) is 29.6 Å². The van der Waals surface area contributed by atoms with Crippen LogP contribution in [-0.2, 0) is 4.79 Å². The van der Waals surface area contributed by atoms with Gasteiger partial charge in [-0.3, -0.25) is 4.79 Å². The van der Waals surface area contributed by atoms with E-state index in [1.807, 2.05) is 0 Å². The molecule has 2 bridgehead atoms. The fraction of sp³-hybridized carbons (Fsp3) is 0.850. The fourth-order valence-electron chi connectivity index (χ4n) is 5.77. The molecule has 8 atom stereocenters. The zero-order valence-electron chi connectivity index (χ0n) is 15.9. The molecular formula is C20H32O6. The third-order valence-corrected chi connectivity index (χ3v) is 7.68. The van der Waals surface area contributed by atoms with Crippen LogP contribution in [0.2, 0.25) is 0 Å². The SMILES string of the molecule is C=C1C(O)CC(O)C(C)(C)C(=O)CC(O)C23CC(C)(O)C(CCC12)C3O. The number of aliphatic hydroxyl groups excluding tert-OH is 4. The second kappa shape index (κ2) is 6.11. The summed E-state index contributed by atoms with van der Waals surface area (Å²) in [4.78, 5) is 12.8. The van der Waals surface area contributed by atoms with Crippen LogP contribution >= 0.6 is 0 Å². The number of hydrogen-bond acceptors (Lipinski definition) is 6. The smallest absolute Gasteiger partial charge is 0.143 e. The zero-order valence-corrected chi connectivity index (χ0v) is 15.9. The molecular weight excluding hydrogens is 336 g/mol. The van der Waals surface area contributed by atoms with Crippen LogP contribution in [0.1, 0.15) is 52.9 Å². The van der Waals surface area contributed by atoms with Crippen LogP contribution in [0.25, 0.3) is 0 Å². The summed E-state index contributed by atoms with van der Waals surface area (Å²) >= 11 is 0. The molecule has 0 saturated heterocycles. The highest BCUT2D eigenvalue weighted by molar-refractivity contribution is 5.85. The lowest BCUT2D eigenvalue weighted by Gasteiger charge is -2.50. The minimum Gasteiger partial charge on any atom is -0.392 e. The van der Waals surface area contributed by atoms with Crippen molar-refractivity contribution in [3.05, 3.63) is 12.2 Å². The molecule has 6 nitrogen and oxygen atoms in total. The maximum atomic E-state index is 12.8. The Labute approximate surface area is 154 Å². The average Bonchev–Trinajstić information content (AvgIpc) is 2.65. The summed E-state index contributed by atoms with van der Waals surface area (Å²) in [7, 11) is 0. The molecule has 3 aliphatic rings. The lowest BCUT2D eigenvalue weighted by Crippen LogP contribution is -2.55. The molecule has 5 N–H and O–H groups in total. The van der Waals surface area contributed by atoms with Crippen LogP contribution in [0.15, 0.2) is 12.2 Å². The number of hydrogen-bond donors (Lipinski definition) is 5. The van der Waals surface area contributed by atoms with E-state index in [0.717, 1.165) is 0 Å². The maximum absolute atomic E-state index is 12.8. The largest absolute Gasteiger partial charge is 0.392 e. The Morgan fingerprint density at radius 1 is 1.04 bits per heavy atom. The Balaban J connectivity index is 2.10. The summed E-state index contributed by atoms with van der Waals surface area (Å²) in [6.45, 7) is 8.90. The van der Waals surface area contributed by atoms with E-state index in [1.165, 1.54) is 0 Å². The molecule has 0 amide bonds. The molecule has 0 radical (unpaired) electrons. The molecule has 6 heteroatoms. The van der Waals surface area contributed by atoms with Crippen molar-refractivity contribution in [1.29, 1.82) is 0 Å². The van der Waals surface area contributed by atoms with Crippen molar-refractivity contribution in [2.24, 2.45) is 22.7 Å². The van der Waals surface area contributed by atoms with Gasteiger partial charge in [-0.1, -0.05) is 20.4 Å². The number of fused-ring (bicyclic) bond motifs is 1. The summed E-state index contributed by atoms with van der Waals surface area (Å²) < 4.78 is 0. The Kier molecular flexibility index (Phi) is 4.69. The molecule has 0 aromatic heterocycles. The molecule has 1 spiro atoms. The summed E-state index contributed by atoms with van der Waals surface area (Å²) in [5, 5.41) is 54.1. The highest BCUT2D eigenvalue weighted by Crippen LogP contribution is 2.63. The van der Waals surface area contributed by atoms with E-state index in [1.54, 1.807) is 20.8 Å². The lowest BCUT2D eigenvalue weighted by atomic mass is 9.57. The number of rotatable bonds is 0. The Hall–Kier alpha value is -0.790. The predicted octanol–water partition coefficient (Wildman–Crippen LogP) is 0.543. The molecule has 0 heterocycles. The van der Waals surface area contributed by atoms with E-state index in [2.05, 4.69) is 6.58 Å². The van der Waals surface area contributed by atoms with Gasteiger partial charge in [-0.15, -0.1) is 0 Å². The van der Waals surface area contributed by atoms with E-state index in [0.29, 0.717) is 18.4 Å². The van der Waals surface area contributed by atoms with Gasteiger partial charge in [-0.25, -0.2) is 0 Å². The molecule has 0 aliphatic heterocycles. The fourth-order valence-corrected chi connectivity index (χ4v) is 5.77. The molecule has 3 fully saturated rings. The van der Waals surface area contributed by atoms with Crippen LogP contribution < -0.4 is 0 Å². The van der Waals surface area contributed by atoms with Crippen molar-refractivity contribution >= 4 is 5.78 Å². The third kappa shape index (κ3) is 2.61. The topological polar surface area (TPSA) is 118 Å². The van der Waals surface area contributed by atoms with Gasteiger partial charge in [0.05, 0.1) is 30.0 Å². The van der Waals surface area contributed by atoms with Gasteiger partial charge in [-0.05, 0) is 37.7 Å². The molecule has 8 unspecified atom stereocenters. The first-order valence-corrected chi connectivity index (χ1v) is 9.52. The quantitative estimate of drug-likeness (QED) is 0.398. The van der Waals surface area contributed by atoms with Gasteiger partial charge in [0.25, 0.3) is 0 Å². The Morgan fingerprint density at radius 2 is 1.65 bits per heavy atom. The number of aliphatic hydroxyl groups is 5. The summed E-state index contributed by atoms with van der Waals surface area (Å²) in [6.07, 6.45) is -3.20. The number of Topliss-reactive ketones (excluding diaryl/α,β-unsaturated/α-hetero) is 1. The van der Waals surface area contributed by atoms with Crippen LogP contribution in [0.3, 0.4) is 0 Å². The van der Waals surface area contributed by atoms with E-state index < -0.39 is 46.8 Å². The number of carbonyl (C=O) groups excluding carboxylic acids is 1. The maximum Gasteiger partial charge on any atom is 0.143 e. The predicted molar refractivity (Wildman–Crippen MR) is 95.1 cm³/mol. The first-order valence-electron chi connectivity index (χ1n) is 9.52. The van der Waals surface area contributed by atoms with Crippen LogP contribution in [-0.4, -0.2) is 61.3 Å². The van der Waals surface area contributed by atoms with E-state index >= 15 is 0 Å². The monoisotopic (exact) mass is 368 g/mol. The highest BCUT2D eigenvalue weighted by Gasteiger charge is 2.67. The van der Waals surface area contributed by atoms with E-state index in [9.17, 15) is 30.3 Å². The minimum absolute atomic E-state index is 0.0177. The molecule has 3 rings (SSSR count). The first-order chi connectivity index (χ1) is 11.9. The zero-order chi connectivity index (χ0) is 19.7. The second-order valence-corrected chi connectivity index (χ2v) is 9.53. The molecule has 3 saturated carbocycles. The van der Waals surface area contributed by atoms with Gasteiger partial charge in [0.15, 0.2) is 0 Å². The highest BCUT2D eigenvalue weighted by atomic mass is 16.3. The van der Waals surface area contributed by atoms with Crippen LogP contribution in [0.5, 0.6) is 0 Å². The molecule has 148 valence electrons. The first kappa shape index (κ1) is 20.0. The van der Waals surface area contributed by atoms with Crippen molar-refractivity contribution in [3.63, 3.8) is 0 Å². The van der Waals surface area contributed by atoms with Crippen molar-refractivity contribution < 1.29 is 30.3 Å². The standard InChI is InChI=1S/C20H32O6/c1-10-11-5-6-12-17(25)20(11,9-19(12,4)26)16(24)8-15(23)18(2,3)14(22)7-13(10)21/h11-14,16-17,21-22,24-26H,1,5-9H2,2-4H3. The summed E-state index contributed by atoms with van der Waals surface area (Å²) in [5.41, 5.74) is -2.93. The van der Waals surface area contributed by atoms with Crippen LogP contribution in [0, 0.1) is 22.7 Å². The molecule has 3 aliphatic carbocycles. The van der Waals surface area contributed by atoms with Gasteiger partial charge >= 0.3 is 0 Å². The van der Waals surface area contributed by atoms with Crippen molar-refractivity contribution in [1.82, 2.24) is 0 Å². The van der Waals surface area contributed by atoms with Crippen LogP contribution in [0.4, 0.5) is 0 Å². The Morgan fingerprint density at radius 3 is 2.27 bits per heavy atom. The number of carbonyl (C=O) groups is 1. The number of ketones is 1.